The molecular formula is C20H27FN2O4. The van der Waals surface area contributed by atoms with E-state index in [1.54, 1.807) is 0 Å². The maximum Gasteiger partial charge on any atom is 0.329 e. The SMILES string of the molecule is CC(C)CC(=O)Nc1ccc(C(=O)N(C)C2(C(=O)O)CCCCC2)cc1F. The summed E-state index contributed by atoms with van der Waals surface area (Å²) in [5, 5.41) is 12.2. The molecule has 6 nitrogen and oxygen atoms in total. The third-order valence-electron chi connectivity index (χ3n) is 5.11. The van der Waals surface area contributed by atoms with E-state index in [1.807, 2.05) is 13.8 Å². The van der Waals surface area contributed by atoms with E-state index in [0.29, 0.717) is 12.8 Å². The normalized spacial score (nSPS) is 16.0. The zero-order valence-electron chi connectivity index (χ0n) is 16.0. The Balaban J connectivity index is 2.19. The number of aliphatic carboxylic acids is 1. The monoisotopic (exact) mass is 378 g/mol. The van der Waals surface area contributed by atoms with Gasteiger partial charge in [0, 0.05) is 19.0 Å². The summed E-state index contributed by atoms with van der Waals surface area (Å²) in [5.41, 5.74) is -1.19. The predicted octanol–water partition coefficient (Wildman–Crippen LogP) is 3.67. The second-order valence-corrected chi connectivity index (χ2v) is 7.60. The van der Waals surface area contributed by atoms with E-state index in [-0.39, 0.29) is 29.5 Å². The number of nitrogens with zero attached hydrogens (tertiary/aromatic N) is 1. The van der Waals surface area contributed by atoms with E-state index >= 15 is 0 Å². The zero-order chi connectivity index (χ0) is 20.2. The molecule has 0 saturated heterocycles. The van der Waals surface area contributed by atoms with Crippen molar-refractivity contribution in [3.63, 3.8) is 0 Å². The highest BCUT2D eigenvalue weighted by atomic mass is 19.1. The number of carboxylic acid groups (broad SMARTS) is 1. The van der Waals surface area contributed by atoms with Gasteiger partial charge in [-0.15, -0.1) is 0 Å². The van der Waals surface area contributed by atoms with Crippen molar-refractivity contribution in [1.29, 1.82) is 0 Å². The van der Waals surface area contributed by atoms with Crippen LogP contribution in [0.25, 0.3) is 0 Å². The fourth-order valence-electron chi connectivity index (χ4n) is 3.54. The number of amides is 2. The highest BCUT2D eigenvalue weighted by Crippen LogP contribution is 2.34. The molecule has 0 bridgehead atoms. The van der Waals surface area contributed by atoms with Gasteiger partial charge in [-0.25, -0.2) is 9.18 Å². The number of halogens is 1. The summed E-state index contributed by atoms with van der Waals surface area (Å²) in [7, 11) is 1.46. The Morgan fingerprint density at radius 2 is 1.85 bits per heavy atom. The third kappa shape index (κ3) is 4.64. The summed E-state index contributed by atoms with van der Waals surface area (Å²) >= 11 is 0. The van der Waals surface area contributed by atoms with Crippen LogP contribution in [0.2, 0.25) is 0 Å². The number of hydrogen-bond acceptors (Lipinski definition) is 3. The lowest BCUT2D eigenvalue weighted by molar-refractivity contribution is -0.151. The Hall–Kier alpha value is -2.44. The summed E-state index contributed by atoms with van der Waals surface area (Å²) in [6.07, 6.45) is 3.45. The largest absolute Gasteiger partial charge is 0.479 e. The number of nitrogens with one attached hydrogen (secondary N) is 1. The van der Waals surface area contributed by atoms with Gasteiger partial charge in [-0.05, 0) is 37.0 Å². The molecule has 1 aromatic rings. The first-order valence-corrected chi connectivity index (χ1v) is 9.28. The summed E-state index contributed by atoms with van der Waals surface area (Å²) in [5.74, 6) is -2.45. The van der Waals surface area contributed by atoms with Crippen molar-refractivity contribution in [1.82, 2.24) is 4.90 Å². The molecule has 0 spiro atoms. The first-order chi connectivity index (χ1) is 12.7. The van der Waals surface area contributed by atoms with E-state index in [0.717, 1.165) is 25.3 Å². The summed E-state index contributed by atoms with van der Waals surface area (Å²) < 4.78 is 14.4. The molecule has 0 heterocycles. The minimum Gasteiger partial charge on any atom is -0.479 e. The van der Waals surface area contributed by atoms with Crippen LogP contribution in [0.15, 0.2) is 18.2 Å². The molecule has 0 unspecified atom stereocenters. The molecule has 27 heavy (non-hydrogen) atoms. The van der Waals surface area contributed by atoms with Crippen molar-refractivity contribution in [2.45, 2.75) is 57.9 Å². The quantitative estimate of drug-likeness (QED) is 0.791. The molecule has 2 amide bonds. The standard InChI is InChI=1S/C20H27FN2O4/c1-13(2)11-17(24)22-16-8-7-14(12-15(16)21)18(25)23(3)20(19(26)27)9-5-4-6-10-20/h7-8,12-13H,4-6,9-11H2,1-3H3,(H,22,24)(H,26,27). The fourth-order valence-corrected chi connectivity index (χ4v) is 3.54. The minimum atomic E-state index is -1.25. The van der Waals surface area contributed by atoms with Crippen molar-refractivity contribution in [2.75, 3.05) is 12.4 Å². The van der Waals surface area contributed by atoms with Gasteiger partial charge in [-0.1, -0.05) is 33.1 Å². The Morgan fingerprint density at radius 1 is 1.22 bits per heavy atom. The van der Waals surface area contributed by atoms with Gasteiger partial charge in [0.15, 0.2) is 0 Å². The Morgan fingerprint density at radius 3 is 2.37 bits per heavy atom. The smallest absolute Gasteiger partial charge is 0.329 e. The first-order valence-electron chi connectivity index (χ1n) is 9.28. The molecule has 0 atom stereocenters. The molecule has 1 aliphatic carbocycles. The van der Waals surface area contributed by atoms with Gasteiger partial charge in [-0.3, -0.25) is 9.59 Å². The maximum absolute atomic E-state index is 14.4. The molecule has 1 aliphatic rings. The van der Waals surface area contributed by atoms with E-state index in [4.69, 9.17) is 0 Å². The van der Waals surface area contributed by atoms with Gasteiger partial charge in [0.05, 0.1) is 5.69 Å². The molecule has 0 radical (unpaired) electrons. The maximum atomic E-state index is 14.4. The van der Waals surface area contributed by atoms with Crippen LogP contribution in [0.1, 0.15) is 62.7 Å². The Kier molecular flexibility index (Phi) is 6.57. The second kappa shape index (κ2) is 8.50. The highest BCUT2D eigenvalue weighted by Gasteiger charge is 2.45. The van der Waals surface area contributed by atoms with E-state index in [1.165, 1.54) is 24.1 Å². The number of benzene rings is 1. The molecule has 1 aromatic carbocycles. The van der Waals surface area contributed by atoms with Crippen molar-refractivity contribution < 1.29 is 23.9 Å². The number of carbonyl (C=O) groups excluding carboxylic acids is 2. The lowest BCUT2D eigenvalue weighted by Gasteiger charge is -2.41. The van der Waals surface area contributed by atoms with Gasteiger partial charge >= 0.3 is 5.97 Å². The van der Waals surface area contributed by atoms with Gasteiger partial charge in [0.2, 0.25) is 5.91 Å². The van der Waals surface area contributed by atoms with Crippen LogP contribution in [0.4, 0.5) is 10.1 Å². The Labute approximate surface area is 158 Å². The molecule has 2 N–H and O–H groups in total. The Bertz CT molecular complexity index is 727. The van der Waals surface area contributed by atoms with Gasteiger partial charge in [0.1, 0.15) is 11.4 Å². The average Bonchev–Trinajstić information content (AvgIpc) is 2.62. The van der Waals surface area contributed by atoms with Gasteiger partial charge in [0.25, 0.3) is 5.91 Å². The minimum absolute atomic E-state index is 0.00506. The lowest BCUT2D eigenvalue weighted by atomic mass is 9.80. The molecule has 148 valence electrons. The topological polar surface area (TPSA) is 86.7 Å². The van der Waals surface area contributed by atoms with Crippen LogP contribution in [0.3, 0.4) is 0 Å². The number of hydrogen-bond donors (Lipinski definition) is 2. The van der Waals surface area contributed by atoms with E-state index < -0.39 is 23.2 Å². The van der Waals surface area contributed by atoms with Gasteiger partial charge < -0.3 is 15.3 Å². The van der Waals surface area contributed by atoms with Crippen molar-refractivity contribution in [3.05, 3.63) is 29.6 Å². The predicted molar refractivity (Wildman–Crippen MR) is 100 cm³/mol. The molecular weight excluding hydrogens is 351 g/mol. The second-order valence-electron chi connectivity index (χ2n) is 7.60. The van der Waals surface area contributed by atoms with Crippen molar-refractivity contribution in [2.24, 2.45) is 5.92 Å². The first kappa shape index (κ1) is 20.9. The zero-order valence-corrected chi connectivity index (χ0v) is 16.0. The average molecular weight is 378 g/mol. The highest BCUT2D eigenvalue weighted by molar-refractivity contribution is 5.98. The van der Waals surface area contributed by atoms with E-state index in [9.17, 15) is 23.9 Å². The fraction of sp³-hybridized carbons (Fsp3) is 0.550. The molecule has 7 heteroatoms. The molecule has 1 fully saturated rings. The van der Waals surface area contributed by atoms with Crippen molar-refractivity contribution >= 4 is 23.5 Å². The third-order valence-corrected chi connectivity index (χ3v) is 5.11. The number of anilines is 1. The summed E-state index contributed by atoms with van der Waals surface area (Å²) in [4.78, 5) is 37.7. The molecule has 1 saturated carbocycles. The molecule has 0 aromatic heterocycles. The van der Waals surface area contributed by atoms with Crippen LogP contribution in [-0.2, 0) is 9.59 Å². The molecule has 0 aliphatic heterocycles. The van der Waals surface area contributed by atoms with Gasteiger partial charge in [-0.2, -0.15) is 0 Å². The number of carbonyl (C=O) groups is 3. The van der Waals surface area contributed by atoms with Crippen LogP contribution in [0.5, 0.6) is 0 Å². The van der Waals surface area contributed by atoms with E-state index in [2.05, 4.69) is 5.32 Å². The lowest BCUT2D eigenvalue weighted by Crippen LogP contribution is -2.56. The van der Waals surface area contributed by atoms with Crippen LogP contribution >= 0.6 is 0 Å². The molecule has 2 rings (SSSR count). The van der Waals surface area contributed by atoms with Crippen LogP contribution in [-0.4, -0.2) is 40.4 Å². The summed E-state index contributed by atoms with van der Waals surface area (Å²) in [6.45, 7) is 3.77. The van der Waals surface area contributed by atoms with Crippen LogP contribution < -0.4 is 5.32 Å². The number of carboxylic acids is 1. The number of rotatable bonds is 6. The number of likely N-dealkylation sites (N-methyl/N-ethyl adjacent to an activating group) is 1. The summed E-state index contributed by atoms with van der Waals surface area (Å²) in [6, 6.07) is 3.79. The van der Waals surface area contributed by atoms with Crippen molar-refractivity contribution in [3.8, 4) is 0 Å². The van der Waals surface area contributed by atoms with Crippen LogP contribution in [0, 0.1) is 11.7 Å².